The molecule has 14 heteroatoms. The maximum absolute atomic E-state index is 13.9. The second-order valence-corrected chi connectivity index (χ2v) is 11.1. The largest absolute Gasteiger partial charge is 0.504 e. The molecule has 6 atom stereocenters. The van der Waals surface area contributed by atoms with Crippen LogP contribution in [-0.4, -0.2) is 80.8 Å². The maximum atomic E-state index is 13.9. The fourth-order valence-electron chi connectivity index (χ4n) is 6.45. The van der Waals surface area contributed by atoms with E-state index in [9.17, 15) is 34.2 Å². The highest BCUT2D eigenvalue weighted by Gasteiger charge is 2.67. The first-order chi connectivity index (χ1) is 19.3. The normalized spacial score (nSPS) is 29.0. The number of hydrogen-bond donors (Lipinski definition) is 6. The van der Waals surface area contributed by atoms with Crippen LogP contribution in [0.4, 0.5) is 16.3 Å². The minimum absolute atomic E-state index is 0.0130. The zero-order valence-corrected chi connectivity index (χ0v) is 22.7. The zero-order chi connectivity index (χ0) is 30.0. The summed E-state index contributed by atoms with van der Waals surface area (Å²) in [5, 5.41) is 36.0. The Morgan fingerprint density at radius 3 is 2.44 bits per heavy atom. The van der Waals surface area contributed by atoms with E-state index in [0.717, 1.165) is 0 Å². The number of nitrogens with two attached hydrogens (primary N) is 1. The number of carbonyl (C=O) groups is 5. The van der Waals surface area contributed by atoms with Gasteiger partial charge in [0, 0.05) is 17.2 Å². The van der Waals surface area contributed by atoms with E-state index < -0.39 is 81.9 Å². The number of pyridine rings is 1. The number of Topliss-reactive ketones (excluding diaryl/α,β-unsaturated/α-hetero) is 3. The SMILES string of the molecule is CN(C)C1C(=O)C(C(N)=O)C(=N)C2(O)C(=O)C3C(=O)c4c(O)c(NC(=O)Nc5ccccc5)nc(Cl)c4CC3CC12. The molecule has 3 aliphatic rings. The first-order valence-corrected chi connectivity index (χ1v) is 13.1. The lowest BCUT2D eigenvalue weighted by Crippen LogP contribution is -2.73. The van der Waals surface area contributed by atoms with E-state index in [1.807, 2.05) is 0 Å². The summed E-state index contributed by atoms with van der Waals surface area (Å²) >= 11 is 6.41. The number of aliphatic hydroxyl groups is 1. The Labute approximate surface area is 238 Å². The van der Waals surface area contributed by atoms with Gasteiger partial charge in [-0.05, 0) is 45.0 Å². The summed E-state index contributed by atoms with van der Waals surface area (Å²) in [7, 11) is 3.07. The second-order valence-electron chi connectivity index (χ2n) is 10.7. The number of primary amides is 1. The first kappa shape index (κ1) is 28.3. The lowest BCUT2D eigenvalue weighted by Gasteiger charge is -2.53. The molecule has 13 nitrogen and oxygen atoms in total. The molecule has 1 aromatic carbocycles. The van der Waals surface area contributed by atoms with Crippen molar-refractivity contribution in [2.24, 2.45) is 29.4 Å². The molecule has 5 rings (SSSR count). The molecule has 3 amide bonds. The number of nitrogens with zero attached hydrogens (tertiary/aromatic N) is 2. The predicted octanol–water partition coefficient (Wildman–Crippen LogP) is 1.01. The van der Waals surface area contributed by atoms with Gasteiger partial charge in [0.25, 0.3) is 0 Å². The molecule has 214 valence electrons. The van der Waals surface area contributed by atoms with Crippen molar-refractivity contribution in [1.29, 1.82) is 5.41 Å². The predicted molar refractivity (Wildman–Crippen MR) is 146 cm³/mol. The third-order valence-corrected chi connectivity index (χ3v) is 8.51. The minimum Gasteiger partial charge on any atom is -0.504 e. The van der Waals surface area contributed by atoms with Crippen molar-refractivity contribution in [3.05, 3.63) is 46.6 Å². The van der Waals surface area contributed by atoms with Crippen molar-refractivity contribution in [3.8, 4) is 5.75 Å². The molecule has 41 heavy (non-hydrogen) atoms. The Kier molecular flexibility index (Phi) is 6.92. The van der Waals surface area contributed by atoms with Gasteiger partial charge in [0.1, 0.15) is 11.1 Å². The van der Waals surface area contributed by atoms with E-state index in [1.165, 1.54) is 19.0 Å². The van der Waals surface area contributed by atoms with Crippen LogP contribution in [0.1, 0.15) is 22.3 Å². The first-order valence-electron chi connectivity index (χ1n) is 12.7. The fourth-order valence-corrected chi connectivity index (χ4v) is 6.71. The quantitative estimate of drug-likeness (QED) is 0.223. The molecule has 0 aliphatic heterocycles. The Morgan fingerprint density at radius 1 is 1.17 bits per heavy atom. The van der Waals surface area contributed by atoms with Gasteiger partial charge in [-0.2, -0.15) is 0 Å². The summed E-state index contributed by atoms with van der Waals surface area (Å²) in [4.78, 5) is 71.2. The average molecular weight is 583 g/mol. The molecule has 0 radical (unpaired) electrons. The molecule has 0 saturated heterocycles. The van der Waals surface area contributed by atoms with E-state index >= 15 is 0 Å². The Morgan fingerprint density at radius 2 is 1.83 bits per heavy atom. The Bertz CT molecular complexity index is 1530. The van der Waals surface area contributed by atoms with E-state index in [2.05, 4.69) is 15.6 Å². The molecule has 2 aromatic rings. The van der Waals surface area contributed by atoms with Crippen LogP contribution in [-0.2, 0) is 20.8 Å². The highest BCUT2D eigenvalue weighted by atomic mass is 35.5. The van der Waals surface area contributed by atoms with Gasteiger partial charge in [0.2, 0.25) is 5.91 Å². The number of halogens is 1. The molecule has 2 saturated carbocycles. The van der Waals surface area contributed by atoms with Crippen LogP contribution in [0, 0.1) is 29.1 Å². The molecule has 2 fully saturated rings. The summed E-state index contributed by atoms with van der Waals surface area (Å²) in [5.41, 5.74) is 2.16. The molecular formula is C27H27ClN6O7. The van der Waals surface area contributed by atoms with Crippen molar-refractivity contribution in [2.45, 2.75) is 24.5 Å². The van der Waals surface area contributed by atoms with Gasteiger partial charge in [0.05, 0.1) is 23.2 Å². The smallest absolute Gasteiger partial charge is 0.324 e. The molecule has 1 aromatic heterocycles. The topological polar surface area (TPSA) is 216 Å². The molecule has 3 aliphatic carbocycles. The molecule has 0 bridgehead atoms. The van der Waals surface area contributed by atoms with Gasteiger partial charge in [-0.1, -0.05) is 29.8 Å². The minimum atomic E-state index is -2.63. The fraction of sp³-hybridized carbons (Fsp3) is 0.370. The highest BCUT2D eigenvalue weighted by molar-refractivity contribution is 6.34. The number of likely N-dealkylation sites (N-methyl/N-ethyl adjacent to an activating group) is 1. The summed E-state index contributed by atoms with van der Waals surface area (Å²) in [6, 6.07) is 6.49. The number of hydrogen-bond acceptors (Lipinski definition) is 10. The van der Waals surface area contributed by atoms with Crippen molar-refractivity contribution < 1.29 is 34.2 Å². The van der Waals surface area contributed by atoms with E-state index in [-0.39, 0.29) is 29.1 Å². The van der Waals surface area contributed by atoms with Gasteiger partial charge in [0.15, 0.2) is 34.5 Å². The Balaban J connectivity index is 1.53. The number of para-hydroxylation sites is 1. The van der Waals surface area contributed by atoms with E-state index in [0.29, 0.717) is 5.69 Å². The molecule has 0 spiro atoms. The molecular weight excluding hydrogens is 556 g/mol. The summed E-state index contributed by atoms with van der Waals surface area (Å²) in [5.74, 6) is -10.2. The number of aromatic hydroxyl groups is 1. The number of amides is 3. The van der Waals surface area contributed by atoms with Crippen molar-refractivity contribution in [1.82, 2.24) is 9.88 Å². The van der Waals surface area contributed by atoms with E-state index in [4.69, 9.17) is 22.7 Å². The number of benzene rings is 1. The van der Waals surface area contributed by atoms with Crippen LogP contribution in [0.25, 0.3) is 0 Å². The van der Waals surface area contributed by atoms with Crippen LogP contribution < -0.4 is 16.4 Å². The van der Waals surface area contributed by atoms with Crippen molar-refractivity contribution in [2.75, 3.05) is 24.7 Å². The van der Waals surface area contributed by atoms with Crippen molar-refractivity contribution >= 4 is 58.1 Å². The summed E-state index contributed by atoms with van der Waals surface area (Å²) in [6.45, 7) is 0. The summed E-state index contributed by atoms with van der Waals surface area (Å²) in [6.07, 6.45) is -0.0576. The zero-order valence-electron chi connectivity index (χ0n) is 22.0. The summed E-state index contributed by atoms with van der Waals surface area (Å²) < 4.78 is 0. The van der Waals surface area contributed by atoms with Crippen LogP contribution in [0.3, 0.4) is 0 Å². The standard InChI is InChI=1S/C27H27ClN6O7/c1-34(2)17-13-9-10-8-12-15(18(35)14(10)22(38)27(13,41)21(29)16(19(17)36)24(30)39)20(37)25(32-23(12)28)33-26(40)31-11-6-4-3-5-7-11/h3-7,10,13-14,16-17,29,37,41H,8-9H2,1-2H3,(H2,30,39)(H2,31,32,33,40). The number of anilines is 2. The van der Waals surface area contributed by atoms with Crippen LogP contribution in [0.5, 0.6) is 5.75 Å². The van der Waals surface area contributed by atoms with Gasteiger partial charge in [-0.3, -0.25) is 29.4 Å². The van der Waals surface area contributed by atoms with Crippen molar-refractivity contribution in [3.63, 3.8) is 0 Å². The molecule has 1 heterocycles. The monoisotopic (exact) mass is 582 g/mol. The number of aromatic nitrogens is 1. The number of carbonyl (C=O) groups excluding carboxylic acids is 5. The third-order valence-electron chi connectivity index (χ3n) is 8.20. The Hall–Kier alpha value is -4.20. The molecule has 6 unspecified atom stereocenters. The lowest BCUT2D eigenvalue weighted by atomic mass is 9.52. The second kappa shape index (κ2) is 10.0. The lowest BCUT2D eigenvalue weighted by molar-refractivity contribution is -0.157. The molecule has 7 N–H and O–H groups in total. The van der Waals surface area contributed by atoms with Gasteiger partial charge >= 0.3 is 6.03 Å². The number of ketones is 3. The number of fused-ring (bicyclic) bond motifs is 3. The van der Waals surface area contributed by atoms with E-state index in [1.54, 1.807) is 30.3 Å². The number of urea groups is 1. The third kappa shape index (κ3) is 4.28. The number of nitrogens with one attached hydrogen (secondary N) is 3. The van der Waals surface area contributed by atoms with Crippen LogP contribution >= 0.6 is 11.6 Å². The van der Waals surface area contributed by atoms with Crippen LogP contribution in [0.2, 0.25) is 5.15 Å². The van der Waals surface area contributed by atoms with Gasteiger partial charge < -0.3 is 26.7 Å². The van der Waals surface area contributed by atoms with Crippen LogP contribution in [0.15, 0.2) is 30.3 Å². The van der Waals surface area contributed by atoms with Gasteiger partial charge in [-0.25, -0.2) is 9.78 Å². The highest BCUT2D eigenvalue weighted by Crippen LogP contribution is 2.52. The average Bonchev–Trinajstić information content (AvgIpc) is 2.89. The maximum Gasteiger partial charge on any atom is 0.324 e. The number of rotatable bonds is 4. The van der Waals surface area contributed by atoms with Gasteiger partial charge in [-0.15, -0.1) is 0 Å².